The van der Waals surface area contributed by atoms with Crippen molar-refractivity contribution >= 4 is 22.6 Å². The molecule has 1 aromatic heterocycles. The molecule has 0 saturated carbocycles. The van der Waals surface area contributed by atoms with Crippen molar-refractivity contribution in [3.8, 4) is 0 Å². The first-order valence-electron chi connectivity index (χ1n) is 8.73. The minimum Gasteiger partial charge on any atom is -0.365 e. The lowest BCUT2D eigenvalue weighted by atomic mass is 10.1. The number of carbonyl (C=O) groups excluding carboxylic acids is 1. The molecule has 2 saturated heterocycles. The minimum absolute atomic E-state index is 0.175. The summed E-state index contributed by atoms with van der Waals surface area (Å²) in [6.07, 6.45) is 4.75. The molecule has 0 bridgehead atoms. The predicted molar refractivity (Wildman–Crippen MR) is 90.9 cm³/mol. The van der Waals surface area contributed by atoms with Gasteiger partial charge in [-0.05, 0) is 25.7 Å². The minimum atomic E-state index is -0.222. The van der Waals surface area contributed by atoms with Gasteiger partial charge in [0.15, 0.2) is 0 Å². The fourth-order valence-electron chi connectivity index (χ4n) is 3.24. The molecule has 0 N–H and O–H groups in total. The summed E-state index contributed by atoms with van der Waals surface area (Å²) in [4.78, 5) is 21.5. The van der Waals surface area contributed by atoms with Crippen molar-refractivity contribution in [1.82, 2.24) is 14.3 Å². The number of hydrogen-bond acceptors (Lipinski definition) is 6. The quantitative estimate of drug-likeness (QED) is 0.841. The van der Waals surface area contributed by atoms with Crippen LogP contribution in [0.4, 0.5) is 5.13 Å². The Balaban J connectivity index is 1.56. The van der Waals surface area contributed by atoms with Gasteiger partial charge in [-0.1, -0.05) is 13.8 Å². The van der Waals surface area contributed by atoms with E-state index in [1.54, 1.807) is 0 Å². The number of carbonyl (C=O) groups is 1. The third-order valence-corrected chi connectivity index (χ3v) is 5.50. The van der Waals surface area contributed by atoms with Crippen LogP contribution in [0.15, 0.2) is 0 Å². The molecule has 7 heteroatoms. The van der Waals surface area contributed by atoms with E-state index in [0.717, 1.165) is 69.2 Å². The van der Waals surface area contributed by atoms with Crippen LogP contribution in [0.2, 0.25) is 0 Å². The topological polar surface area (TPSA) is 58.6 Å². The summed E-state index contributed by atoms with van der Waals surface area (Å²) in [5.74, 6) is 1.08. The lowest BCUT2D eigenvalue weighted by Crippen LogP contribution is -2.41. The van der Waals surface area contributed by atoms with E-state index in [-0.39, 0.29) is 18.1 Å². The molecule has 1 amide bonds. The second kappa shape index (κ2) is 7.57. The normalized spacial score (nSPS) is 25.7. The van der Waals surface area contributed by atoms with Crippen molar-refractivity contribution < 1.29 is 9.53 Å². The Morgan fingerprint density at radius 2 is 2.13 bits per heavy atom. The Hall–Kier alpha value is -1.21. The molecule has 1 aromatic rings. The van der Waals surface area contributed by atoms with Gasteiger partial charge in [-0.3, -0.25) is 4.79 Å². The van der Waals surface area contributed by atoms with Crippen molar-refractivity contribution in [1.29, 1.82) is 0 Å². The van der Waals surface area contributed by atoms with Crippen LogP contribution >= 0.6 is 11.5 Å². The van der Waals surface area contributed by atoms with Crippen molar-refractivity contribution in [3.05, 3.63) is 5.82 Å². The van der Waals surface area contributed by atoms with Crippen LogP contribution < -0.4 is 4.90 Å². The number of anilines is 1. The van der Waals surface area contributed by atoms with Gasteiger partial charge in [-0.25, -0.2) is 4.98 Å². The van der Waals surface area contributed by atoms with E-state index in [1.165, 1.54) is 11.5 Å². The van der Waals surface area contributed by atoms with E-state index in [9.17, 15) is 4.79 Å². The maximum atomic E-state index is 12.7. The molecule has 0 radical (unpaired) electrons. The summed E-state index contributed by atoms with van der Waals surface area (Å²) in [6, 6.07) is 0. The zero-order chi connectivity index (χ0) is 16.2. The van der Waals surface area contributed by atoms with E-state index in [1.807, 2.05) is 4.90 Å². The first kappa shape index (κ1) is 16.6. The molecule has 2 aliphatic heterocycles. The van der Waals surface area contributed by atoms with E-state index < -0.39 is 0 Å². The zero-order valence-electron chi connectivity index (χ0n) is 14.0. The summed E-state index contributed by atoms with van der Waals surface area (Å²) < 4.78 is 10.2. The first-order valence-corrected chi connectivity index (χ1v) is 9.50. The lowest BCUT2D eigenvalue weighted by Gasteiger charge is -2.24. The second-order valence-corrected chi connectivity index (χ2v) is 6.98. The van der Waals surface area contributed by atoms with Gasteiger partial charge in [0.25, 0.3) is 5.91 Å². The van der Waals surface area contributed by atoms with Crippen molar-refractivity contribution in [2.24, 2.45) is 0 Å². The van der Waals surface area contributed by atoms with E-state index in [4.69, 9.17) is 4.74 Å². The Bertz CT molecular complexity index is 536. The highest BCUT2D eigenvalue weighted by Gasteiger charge is 2.33. The van der Waals surface area contributed by atoms with Gasteiger partial charge in [0.05, 0.1) is 6.10 Å². The van der Waals surface area contributed by atoms with Gasteiger partial charge >= 0.3 is 0 Å². The molecule has 0 aromatic carbocycles. The standard InChI is InChI=1S/C16H26N4O2S/c1-3-12-6-7-13(22-12)15(21)19-8-5-9-20(11-10-19)16-17-14(4-2)18-23-16/h12-13H,3-11H2,1-2H3/t12-,13+/m1/s1. The third-order valence-electron chi connectivity index (χ3n) is 4.69. The molecule has 23 heavy (non-hydrogen) atoms. The zero-order valence-corrected chi connectivity index (χ0v) is 14.8. The number of hydrogen-bond donors (Lipinski definition) is 0. The highest BCUT2D eigenvalue weighted by atomic mass is 32.1. The lowest BCUT2D eigenvalue weighted by molar-refractivity contribution is -0.142. The molecule has 2 fully saturated rings. The number of amides is 1. The molecular formula is C16H26N4O2S. The molecule has 2 aliphatic rings. The fourth-order valence-corrected chi connectivity index (χ4v) is 4.04. The molecule has 128 valence electrons. The Kier molecular flexibility index (Phi) is 5.48. The molecule has 3 heterocycles. The second-order valence-electron chi connectivity index (χ2n) is 6.24. The van der Waals surface area contributed by atoms with Gasteiger partial charge in [0.1, 0.15) is 11.9 Å². The van der Waals surface area contributed by atoms with E-state index >= 15 is 0 Å². The summed E-state index contributed by atoms with van der Waals surface area (Å²) in [7, 11) is 0. The summed E-state index contributed by atoms with van der Waals surface area (Å²) >= 11 is 1.46. The molecule has 3 rings (SSSR count). The van der Waals surface area contributed by atoms with Crippen LogP contribution in [-0.2, 0) is 16.0 Å². The number of rotatable bonds is 4. The summed E-state index contributed by atoms with van der Waals surface area (Å²) in [6.45, 7) is 7.51. The number of ether oxygens (including phenoxy) is 1. The first-order chi connectivity index (χ1) is 11.2. The SMILES string of the molecule is CCc1nsc(N2CCCN(C(=O)[C@@H]3CC[C@@H](CC)O3)CC2)n1. The van der Waals surface area contributed by atoms with Gasteiger partial charge in [-0.15, -0.1) is 0 Å². The van der Waals surface area contributed by atoms with Crippen LogP contribution in [0.3, 0.4) is 0 Å². The molecule has 0 spiro atoms. The smallest absolute Gasteiger partial charge is 0.251 e. The van der Waals surface area contributed by atoms with Crippen molar-refractivity contribution in [3.63, 3.8) is 0 Å². The molecule has 6 nitrogen and oxygen atoms in total. The number of nitrogens with zero attached hydrogens (tertiary/aromatic N) is 4. The largest absolute Gasteiger partial charge is 0.365 e. The average Bonchev–Trinajstić information content (AvgIpc) is 3.18. The predicted octanol–water partition coefficient (Wildman–Crippen LogP) is 2.10. The number of aryl methyl sites for hydroxylation is 1. The van der Waals surface area contributed by atoms with Crippen LogP contribution in [0.1, 0.15) is 45.4 Å². The van der Waals surface area contributed by atoms with Crippen LogP contribution in [0, 0.1) is 0 Å². The average molecular weight is 338 g/mol. The Labute approximate surface area is 142 Å². The maximum Gasteiger partial charge on any atom is 0.251 e. The van der Waals surface area contributed by atoms with Crippen LogP contribution in [-0.4, -0.2) is 58.6 Å². The van der Waals surface area contributed by atoms with Gasteiger partial charge in [0, 0.05) is 44.1 Å². The molecule has 0 unspecified atom stereocenters. The van der Waals surface area contributed by atoms with Crippen molar-refractivity contribution in [2.75, 3.05) is 31.1 Å². The Morgan fingerprint density at radius 3 is 2.83 bits per heavy atom. The highest BCUT2D eigenvalue weighted by Crippen LogP contribution is 2.24. The summed E-state index contributed by atoms with van der Waals surface area (Å²) in [5, 5.41) is 0.985. The van der Waals surface area contributed by atoms with E-state index in [0.29, 0.717) is 0 Å². The highest BCUT2D eigenvalue weighted by molar-refractivity contribution is 7.09. The third kappa shape index (κ3) is 3.83. The monoisotopic (exact) mass is 338 g/mol. The fraction of sp³-hybridized carbons (Fsp3) is 0.812. The Morgan fingerprint density at radius 1 is 1.26 bits per heavy atom. The van der Waals surface area contributed by atoms with Crippen LogP contribution in [0.25, 0.3) is 0 Å². The molecular weight excluding hydrogens is 312 g/mol. The maximum absolute atomic E-state index is 12.7. The van der Waals surface area contributed by atoms with E-state index in [2.05, 4.69) is 28.1 Å². The van der Waals surface area contributed by atoms with Gasteiger partial charge in [0.2, 0.25) is 5.13 Å². The van der Waals surface area contributed by atoms with Gasteiger partial charge < -0.3 is 14.5 Å². The molecule has 0 aliphatic carbocycles. The molecule has 2 atom stereocenters. The van der Waals surface area contributed by atoms with Gasteiger partial charge in [-0.2, -0.15) is 4.37 Å². The van der Waals surface area contributed by atoms with Crippen molar-refractivity contribution in [2.45, 2.75) is 58.2 Å². The van der Waals surface area contributed by atoms with Crippen LogP contribution in [0.5, 0.6) is 0 Å². The summed E-state index contributed by atoms with van der Waals surface area (Å²) in [5.41, 5.74) is 0. The number of aromatic nitrogens is 2.